The molecule has 4 amide bonds. The molecule has 0 aromatic carbocycles. The Morgan fingerprint density at radius 2 is 1.31 bits per heavy atom. The summed E-state index contributed by atoms with van der Waals surface area (Å²) in [5.74, 6) is -2.06. The molecule has 10 N–H and O–H groups in total. The third-order valence-electron chi connectivity index (χ3n) is 9.27. The van der Waals surface area contributed by atoms with E-state index in [0.29, 0.717) is 51.5 Å². The molecule has 0 aromatic heterocycles. The van der Waals surface area contributed by atoms with Gasteiger partial charge < -0.3 is 66.1 Å². The van der Waals surface area contributed by atoms with Crippen molar-refractivity contribution >= 4 is 29.4 Å². The summed E-state index contributed by atoms with van der Waals surface area (Å²) in [5, 5.41) is 70.7. The summed E-state index contributed by atoms with van der Waals surface area (Å²) in [7, 11) is 0. The summed E-state index contributed by atoms with van der Waals surface area (Å²) in [6.45, 7) is 3.82. The Morgan fingerprint density at radius 1 is 0.712 bits per heavy atom. The first-order chi connectivity index (χ1) is 24.7. The molecule has 2 aliphatic rings. The summed E-state index contributed by atoms with van der Waals surface area (Å²) in [5.41, 5.74) is 0. The summed E-state index contributed by atoms with van der Waals surface area (Å²) < 4.78 is 17.0. The van der Waals surface area contributed by atoms with Crippen molar-refractivity contribution in [2.24, 2.45) is 5.92 Å². The Labute approximate surface area is 304 Å². The number of carbonyl (C=O) groups excluding carboxylic acids is 5. The lowest BCUT2D eigenvalue weighted by Crippen LogP contribution is -2.64. The highest BCUT2D eigenvalue weighted by molar-refractivity contribution is 5.87. The van der Waals surface area contributed by atoms with Crippen molar-refractivity contribution in [1.82, 2.24) is 21.3 Å². The van der Waals surface area contributed by atoms with Crippen LogP contribution in [-0.2, 0) is 38.2 Å². The van der Waals surface area contributed by atoms with Crippen LogP contribution < -0.4 is 21.3 Å². The van der Waals surface area contributed by atoms with Crippen LogP contribution in [0.25, 0.3) is 0 Å². The number of amides is 4. The van der Waals surface area contributed by atoms with Crippen molar-refractivity contribution in [3.05, 3.63) is 0 Å². The zero-order chi connectivity index (χ0) is 38.8. The number of nitrogens with one attached hydrogen (secondary N) is 4. The number of hydrogen-bond donors (Lipinski definition) is 10. The lowest BCUT2D eigenvalue weighted by molar-refractivity contribution is -0.270. The van der Waals surface area contributed by atoms with Crippen molar-refractivity contribution in [2.75, 3.05) is 33.0 Å². The van der Waals surface area contributed by atoms with Crippen LogP contribution in [0.1, 0.15) is 85.0 Å². The van der Waals surface area contributed by atoms with Crippen LogP contribution in [0.15, 0.2) is 0 Å². The van der Waals surface area contributed by atoms with Crippen LogP contribution in [0.2, 0.25) is 0 Å². The monoisotopic (exact) mass is 748 g/mol. The quantitative estimate of drug-likeness (QED) is 0.0476. The first-order valence-electron chi connectivity index (χ1n) is 18.1. The van der Waals surface area contributed by atoms with Crippen LogP contribution in [0, 0.1) is 5.92 Å². The number of rotatable bonds is 23. The molecule has 1 saturated carbocycles. The van der Waals surface area contributed by atoms with Gasteiger partial charge in [-0.3, -0.25) is 24.0 Å². The normalized spacial score (nSPS) is 29.5. The largest absolute Gasteiger partial charge is 0.396 e. The van der Waals surface area contributed by atoms with Crippen LogP contribution in [-0.4, -0.2) is 154 Å². The topological polar surface area (TPSA) is 283 Å². The molecule has 0 radical (unpaired) electrons. The Kier molecular flexibility index (Phi) is 20.7. The molecule has 2 fully saturated rings. The van der Waals surface area contributed by atoms with E-state index in [1.807, 2.05) is 0 Å². The van der Waals surface area contributed by atoms with Crippen molar-refractivity contribution in [1.29, 1.82) is 0 Å². The second kappa shape index (κ2) is 23.8. The zero-order valence-electron chi connectivity index (χ0n) is 30.4. The van der Waals surface area contributed by atoms with Gasteiger partial charge in [0.25, 0.3) is 0 Å². The van der Waals surface area contributed by atoms with Crippen molar-refractivity contribution in [2.45, 2.75) is 146 Å². The molecule has 1 heterocycles. The van der Waals surface area contributed by atoms with E-state index < -0.39 is 79.5 Å². The van der Waals surface area contributed by atoms with Gasteiger partial charge in [-0.2, -0.15) is 0 Å². The Hall–Kier alpha value is -2.81. The highest BCUT2D eigenvalue weighted by Crippen LogP contribution is 2.28. The number of ether oxygens (including phenoxy) is 3. The maximum absolute atomic E-state index is 12.5. The fraction of sp³-hybridized carbons (Fsp3) is 0.853. The van der Waals surface area contributed by atoms with E-state index in [-0.39, 0.29) is 62.6 Å². The summed E-state index contributed by atoms with van der Waals surface area (Å²) in [6.07, 6.45) is -3.96. The van der Waals surface area contributed by atoms with Gasteiger partial charge in [-0.1, -0.05) is 0 Å². The molecule has 18 nitrogen and oxygen atoms in total. The van der Waals surface area contributed by atoms with E-state index in [1.54, 1.807) is 0 Å². The van der Waals surface area contributed by atoms with E-state index in [0.717, 1.165) is 0 Å². The summed E-state index contributed by atoms with van der Waals surface area (Å²) in [4.78, 5) is 60.1. The highest BCUT2D eigenvalue weighted by Gasteiger charge is 2.46. The van der Waals surface area contributed by atoms with Crippen molar-refractivity contribution in [3.63, 3.8) is 0 Å². The molecule has 1 saturated heterocycles. The molecule has 18 heteroatoms. The number of unbranched alkanes of at least 4 members (excludes halogenated alkanes) is 3. The minimum absolute atomic E-state index is 0.105. The number of ketones is 1. The maximum Gasteiger partial charge on any atom is 0.220 e. The van der Waals surface area contributed by atoms with Crippen molar-refractivity contribution < 1.29 is 68.8 Å². The van der Waals surface area contributed by atoms with Gasteiger partial charge in [-0.15, -0.1) is 0 Å². The highest BCUT2D eigenvalue weighted by atomic mass is 16.7. The van der Waals surface area contributed by atoms with E-state index >= 15 is 0 Å². The average molecular weight is 749 g/mol. The predicted molar refractivity (Wildman–Crippen MR) is 183 cm³/mol. The van der Waals surface area contributed by atoms with Crippen LogP contribution >= 0.6 is 0 Å². The van der Waals surface area contributed by atoms with Gasteiger partial charge >= 0.3 is 0 Å². The Morgan fingerprint density at radius 3 is 1.90 bits per heavy atom. The smallest absolute Gasteiger partial charge is 0.220 e. The number of aliphatic hydroxyl groups excluding tert-OH is 6. The predicted octanol–water partition coefficient (Wildman–Crippen LogP) is -2.73. The third kappa shape index (κ3) is 15.3. The maximum atomic E-state index is 12.5. The van der Waals surface area contributed by atoms with Gasteiger partial charge in [0.05, 0.1) is 30.9 Å². The second-order valence-electron chi connectivity index (χ2n) is 13.6. The zero-order valence-corrected chi connectivity index (χ0v) is 30.4. The summed E-state index contributed by atoms with van der Waals surface area (Å²) in [6, 6.07) is -2.53. The fourth-order valence-corrected chi connectivity index (χ4v) is 6.32. The van der Waals surface area contributed by atoms with E-state index in [1.165, 1.54) is 20.8 Å². The molecular weight excluding hydrogens is 688 g/mol. The molecule has 1 aliphatic heterocycles. The molecule has 0 spiro atoms. The van der Waals surface area contributed by atoms with Gasteiger partial charge in [0.15, 0.2) is 12.1 Å². The molecule has 52 heavy (non-hydrogen) atoms. The minimum Gasteiger partial charge on any atom is -0.396 e. The molecule has 0 aromatic rings. The van der Waals surface area contributed by atoms with Crippen molar-refractivity contribution in [3.8, 4) is 0 Å². The van der Waals surface area contributed by atoms with Gasteiger partial charge in [0.2, 0.25) is 23.6 Å². The number of aliphatic hydroxyl groups is 6. The number of Topliss-reactive ketones (excluding diaryl/α,β-unsaturated/α-hetero) is 1. The molecule has 300 valence electrons. The molecular formula is C34H60N4O14. The number of hydrogen-bond acceptors (Lipinski definition) is 14. The lowest BCUT2D eigenvalue weighted by Gasteiger charge is -2.42. The minimum atomic E-state index is -1.42. The van der Waals surface area contributed by atoms with Gasteiger partial charge in [0.1, 0.15) is 30.5 Å². The van der Waals surface area contributed by atoms with Crippen LogP contribution in [0.5, 0.6) is 0 Å². The van der Waals surface area contributed by atoms with Crippen LogP contribution in [0.4, 0.5) is 0 Å². The van der Waals surface area contributed by atoms with Gasteiger partial charge in [-0.25, -0.2) is 0 Å². The van der Waals surface area contributed by atoms with E-state index in [2.05, 4.69) is 21.3 Å². The molecule has 10 unspecified atom stereocenters. The molecule has 1 aliphatic carbocycles. The number of carbonyl (C=O) groups is 5. The molecule has 2 rings (SSSR count). The Balaban J connectivity index is 1.60. The molecule has 0 bridgehead atoms. The van der Waals surface area contributed by atoms with Gasteiger partial charge in [0, 0.05) is 59.0 Å². The molecule has 11 atom stereocenters. The van der Waals surface area contributed by atoms with E-state index in [4.69, 9.17) is 14.2 Å². The summed E-state index contributed by atoms with van der Waals surface area (Å²) >= 11 is 0. The second-order valence-corrected chi connectivity index (χ2v) is 13.6. The fourth-order valence-electron chi connectivity index (χ4n) is 6.32. The van der Waals surface area contributed by atoms with Gasteiger partial charge in [-0.05, 0) is 58.3 Å². The first-order valence-corrected chi connectivity index (χ1v) is 18.1. The third-order valence-corrected chi connectivity index (χ3v) is 9.27. The standard InChI is InChI=1S/C34H60N4O14/c1-19(41)23(38-27(45)12-6-9-15-51-34-29(37-21(3)43)33(49)31(47)25(18-40)52-34)10-4-7-13-35-26(44)11-5-8-14-50-24-16-22(17-39)30(46)32(48)28(24)36-20(2)42/h22-25,28-34,39-40,46-49H,4-18H2,1-3H3,(H,35,44)(H,36,42)(H,37,43)(H,38,45)/t22?,23-,24?,25?,28?,29?,30?,31?,32?,33?,34?/m1/s1. The Bertz CT molecular complexity index is 1130. The van der Waals surface area contributed by atoms with E-state index in [9.17, 15) is 54.6 Å². The SMILES string of the molecule is CC(=O)NC1C(OCCCCC(=O)NCCCC[C@@H](NC(=O)CCCCOC2OC(CO)C(O)C(O)C2NC(C)=O)C(C)=O)CC(CO)C(O)C1O. The first kappa shape index (κ1) is 45.3. The average Bonchev–Trinajstić information content (AvgIpc) is 3.09. The van der Waals surface area contributed by atoms with Crippen LogP contribution in [0.3, 0.4) is 0 Å². The lowest BCUT2D eigenvalue weighted by atomic mass is 9.79.